The van der Waals surface area contributed by atoms with Crippen LogP contribution in [0.5, 0.6) is 0 Å². The van der Waals surface area contributed by atoms with Gasteiger partial charge in [0.2, 0.25) is 0 Å². The van der Waals surface area contributed by atoms with Gasteiger partial charge >= 0.3 is 5.97 Å². The van der Waals surface area contributed by atoms with Crippen molar-refractivity contribution in [1.82, 2.24) is 4.90 Å². The van der Waals surface area contributed by atoms with E-state index in [4.69, 9.17) is 4.74 Å². The van der Waals surface area contributed by atoms with E-state index in [1.165, 1.54) is 58.5 Å². The van der Waals surface area contributed by atoms with Crippen molar-refractivity contribution in [2.75, 3.05) is 20.2 Å². The van der Waals surface area contributed by atoms with Gasteiger partial charge in [-0.15, -0.1) is 0 Å². The maximum absolute atomic E-state index is 11.4. The molecule has 0 spiro atoms. The van der Waals surface area contributed by atoms with Gasteiger partial charge in [0, 0.05) is 6.54 Å². The molecule has 0 bridgehead atoms. The molecule has 0 aromatic rings. The molecule has 1 saturated heterocycles. The summed E-state index contributed by atoms with van der Waals surface area (Å²) in [6, 6.07) is 0.0551. The summed E-state index contributed by atoms with van der Waals surface area (Å²) in [5, 5.41) is 0. The number of carbonyl (C=O) groups excluding carboxylic acids is 1. The molecule has 106 valence electrons. The molecule has 1 unspecified atom stereocenters. The lowest BCUT2D eigenvalue weighted by molar-refractivity contribution is -0.151. The standard InChI is InChI=1S/C15H29NO2/c1-3-4-5-6-7-8-9-10-12-16-13-11-14(16)15(17)18-2/h14H,3-13H2,1-2H3. The Bertz CT molecular complexity index is 231. The number of esters is 1. The fourth-order valence-electron chi connectivity index (χ4n) is 2.56. The Morgan fingerprint density at radius 1 is 1.11 bits per heavy atom. The summed E-state index contributed by atoms with van der Waals surface area (Å²) in [6.07, 6.45) is 11.7. The van der Waals surface area contributed by atoms with Crippen LogP contribution in [0.25, 0.3) is 0 Å². The van der Waals surface area contributed by atoms with Crippen LogP contribution >= 0.6 is 0 Å². The molecular formula is C15H29NO2. The molecule has 0 N–H and O–H groups in total. The van der Waals surface area contributed by atoms with Crippen LogP contribution in [0.4, 0.5) is 0 Å². The predicted molar refractivity (Wildman–Crippen MR) is 74.6 cm³/mol. The van der Waals surface area contributed by atoms with Crippen LogP contribution in [0.1, 0.15) is 64.7 Å². The Morgan fingerprint density at radius 3 is 2.22 bits per heavy atom. The van der Waals surface area contributed by atoms with Crippen molar-refractivity contribution in [3.8, 4) is 0 Å². The van der Waals surface area contributed by atoms with Crippen molar-refractivity contribution in [1.29, 1.82) is 0 Å². The van der Waals surface area contributed by atoms with Crippen molar-refractivity contribution < 1.29 is 9.53 Å². The number of methoxy groups -OCH3 is 1. The highest BCUT2D eigenvalue weighted by Crippen LogP contribution is 2.19. The van der Waals surface area contributed by atoms with E-state index in [0.717, 1.165) is 19.5 Å². The molecule has 0 amide bonds. The maximum atomic E-state index is 11.4. The van der Waals surface area contributed by atoms with E-state index in [1.807, 2.05) is 0 Å². The Morgan fingerprint density at radius 2 is 1.72 bits per heavy atom. The highest BCUT2D eigenvalue weighted by Gasteiger charge is 2.34. The lowest BCUT2D eigenvalue weighted by Crippen LogP contribution is -2.52. The van der Waals surface area contributed by atoms with Gasteiger partial charge in [0.05, 0.1) is 7.11 Å². The molecule has 0 aromatic heterocycles. The summed E-state index contributed by atoms with van der Waals surface area (Å²) in [4.78, 5) is 13.6. The highest BCUT2D eigenvalue weighted by molar-refractivity contribution is 5.76. The molecule has 3 nitrogen and oxygen atoms in total. The van der Waals surface area contributed by atoms with Gasteiger partial charge in [0.15, 0.2) is 0 Å². The zero-order chi connectivity index (χ0) is 13.2. The van der Waals surface area contributed by atoms with Gasteiger partial charge in [-0.3, -0.25) is 9.69 Å². The number of rotatable bonds is 10. The smallest absolute Gasteiger partial charge is 0.323 e. The molecular weight excluding hydrogens is 226 g/mol. The highest BCUT2D eigenvalue weighted by atomic mass is 16.5. The summed E-state index contributed by atoms with van der Waals surface area (Å²) in [5.41, 5.74) is 0. The van der Waals surface area contributed by atoms with Crippen LogP contribution in [-0.2, 0) is 9.53 Å². The zero-order valence-electron chi connectivity index (χ0n) is 12.1. The van der Waals surface area contributed by atoms with Gasteiger partial charge in [0.25, 0.3) is 0 Å². The first-order valence-electron chi connectivity index (χ1n) is 7.61. The summed E-state index contributed by atoms with van der Waals surface area (Å²) in [5.74, 6) is -0.0548. The van der Waals surface area contributed by atoms with Gasteiger partial charge in [0.1, 0.15) is 6.04 Å². The van der Waals surface area contributed by atoms with Crippen LogP contribution in [-0.4, -0.2) is 37.1 Å². The second-order valence-electron chi connectivity index (χ2n) is 5.34. The molecule has 0 aliphatic carbocycles. The van der Waals surface area contributed by atoms with Crippen molar-refractivity contribution in [3.63, 3.8) is 0 Å². The minimum atomic E-state index is -0.0548. The average Bonchev–Trinajstić information content (AvgIpc) is 2.35. The van der Waals surface area contributed by atoms with Crippen molar-refractivity contribution in [3.05, 3.63) is 0 Å². The van der Waals surface area contributed by atoms with Crippen LogP contribution in [0.2, 0.25) is 0 Å². The Balaban J connectivity index is 1.91. The van der Waals surface area contributed by atoms with Crippen LogP contribution in [0.3, 0.4) is 0 Å². The van der Waals surface area contributed by atoms with Gasteiger partial charge < -0.3 is 4.74 Å². The monoisotopic (exact) mass is 255 g/mol. The van der Waals surface area contributed by atoms with Crippen LogP contribution in [0, 0.1) is 0 Å². The average molecular weight is 255 g/mol. The second kappa shape index (κ2) is 9.37. The first-order chi connectivity index (χ1) is 8.79. The number of carbonyl (C=O) groups is 1. The van der Waals surface area contributed by atoms with E-state index in [0.29, 0.717) is 0 Å². The summed E-state index contributed by atoms with van der Waals surface area (Å²) < 4.78 is 4.79. The normalized spacial score (nSPS) is 19.6. The number of unbranched alkanes of at least 4 members (excludes halogenated alkanes) is 7. The Hall–Kier alpha value is -0.570. The largest absolute Gasteiger partial charge is 0.468 e. The first kappa shape index (κ1) is 15.5. The fourth-order valence-corrected chi connectivity index (χ4v) is 2.56. The van der Waals surface area contributed by atoms with E-state index in [2.05, 4.69) is 11.8 Å². The SMILES string of the molecule is CCCCCCCCCCN1CCC1C(=O)OC. The van der Waals surface area contributed by atoms with E-state index >= 15 is 0 Å². The number of hydrogen-bond acceptors (Lipinski definition) is 3. The van der Waals surface area contributed by atoms with Crippen molar-refractivity contribution >= 4 is 5.97 Å². The van der Waals surface area contributed by atoms with E-state index in [9.17, 15) is 4.79 Å². The van der Waals surface area contributed by atoms with Gasteiger partial charge in [-0.25, -0.2) is 0 Å². The maximum Gasteiger partial charge on any atom is 0.323 e. The van der Waals surface area contributed by atoms with Crippen molar-refractivity contribution in [2.24, 2.45) is 0 Å². The molecule has 1 rings (SSSR count). The molecule has 1 fully saturated rings. The fraction of sp³-hybridized carbons (Fsp3) is 0.933. The Labute approximate surface area is 112 Å². The third-order valence-electron chi connectivity index (χ3n) is 3.90. The van der Waals surface area contributed by atoms with Gasteiger partial charge in [-0.1, -0.05) is 51.9 Å². The van der Waals surface area contributed by atoms with Crippen LogP contribution < -0.4 is 0 Å². The molecule has 3 heteroatoms. The molecule has 0 radical (unpaired) electrons. The predicted octanol–water partition coefficient (Wildman–Crippen LogP) is 3.37. The lowest BCUT2D eigenvalue weighted by Gasteiger charge is -2.38. The lowest BCUT2D eigenvalue weighted by atomic mass is 10.0. The zero-order valence-corrected chi connectivity index (χ0v) is 12.1. The number of nitrogens with zero attached hydrogens (tertiary/aromatic N) is 1. The molecule has 0 saturated carbocycles. The number of likely N-dealkylation sites (tertiary alicyclic amines) is 1. The van der Waals surface area contributed by atoms with E-state index in [1.54, 1.807) is 0 Å². The molecule has 1 aliphatic heterocycles. The van der Waals surface area contributed by atoms with Crippen LogP contribution in [0.15, 0.2) is 0 Å². The van der Waals surface area contributed by atoms with Gasteiger partial charge in [-0.2, -0.15) is 0 Å². The quantitative estimate of drug-likeness (QED) is 0.443. The second-order valence-corrected chi connectivity index (χ2v) is 5.34. The third-order valence-corrected chi connectivity index (χ3v) is 3.90. The van der Waals surface area contributed by atoms with Gasteiger partial charge in [-0.05, 0) is 19.4 Å². The van der Waals surface area contributed by atoms with E-state index in [-0.39, 0.29) is 12.0 Å². The third kappa shape index (κ3) is 5.38. The molecule has 18 heavy (non-hydrogen) atoms. The first-order valence-corrected chi connectivity index (χ1v) is 7.61. The topological polar surface area (TPSA) is 29.5 Å². The molecule has 1 aliphatic rings. The van der Waals surface area contributed by atoms with Crippen molar-refractivity contribution in [2.45, 2.75) is 70.8 Å². The minimum Gasteiger partial charge on any atom is -0.468 e. The van der Waals surface area contributed by atoms with E-state index < -0.39 is 0 Å². The molecule has 0 aromatic carbocycles. The number of hydrogen-bond donors (Lipinski definition) is 0. The summed E-state index contributed by atoms with van der Waals surface area (Å²) >= 11 is 0. The molecule has 1 heterocycles. The Kier molecular flexibility index (Phi) is 8.06. The number of ether oxygens (including phenoxy) is 1. The summed E-state index contributed by atoms with van der Waals surface area (Å²) in [6.45, 7) is 4.38. The minimum absolute atomic E-state index is 0.0548. The summed E-state index contributed by atoms with van der Waals surface area (Å²) in [7, 11) is 1.48. The molecule has 1 atom stereocenters.